The second-order valence-electron chi connectivity index (χ2n) is 6.03. The normalized spacial score (nSPS) is 17.2. The molecule has 0 amide bonds. The molecule has 0 aromatic heterocycles. The molecule has 0 bridgehead atoms. The summed E-state index contributed by atoms with van der Waals surface area (Å²) in [6.45, 7) is 1.76. The molecule has 1 aliphatic rings. The number of nitrogens with zero attached hydrogens (tertiary/aromatic N) is 1. The summed E-state index contributed by atoms with van der Waals surface area (Å²) in [5, 5.41) is 0. The van der Waals surface area contributed by atoms with Crippen LogP contribution < -0.4 is 9.64 Å². The summed E-state index contributed by atoms with van der Waals surface area (Å²) in [7, 11) is 0. The van der Waals surface area contributed by atoms with Gasteiger partial charge in [0.2, 0.25) is 0 Å². The summed E-state index contributed by atoms with van der Waals surface area (Å²) in [6, 6.07) is 7.77. The molecule has 3 rings (SSSR count). The van der Waals surface area contributed by atoms with Gasteiger partial charge in [0.1, 0.15) is 18.2 Å². The van der Waals surface area contributed by atoms with Crippen molar-refractivity contribution in [1.82, 2.24) is 0 Å². The zero-order chi connectivity index (χ0) is 18.2. The van der Waals surface area contributed by atoms with Crippen molar-refractivity contribution in [2.24, 2.45) is 0 Å². The SMILES string of the molecule is CC1COc2c(-c3cc(F)cc(F)c3)cccc2N1CCC(F)(F)F. The average Bonchev–Trinajstić information content (AvgIpc) is 2.51. The van der Waals surface area contributed by atoms with E-state index in [9.17, 15) is 22.0 Å². The fourth-order valence-corrected chi connectivity index (χ4v) is 2.96. The molecule has 1 unspecified atom stereocenters. The lowest BCUT2D eigenvalue weighted by Gasteiger charge is -2.38. The first-order valence-electron chi connectivity index (χ1n) is 7.80. The lowest BCUT2D eigenvalue weighted by atomic mass is 10.0. The van der Waals surface area contributed by atoms with Gasteiger partial charge < -0.3 is 9.64 Å². The van der Waals surface area contributed by atoms with Crippen molar-refractivity contribution < 1.29 is 26.7 Å². The van der Waals surface area contributed by atoms with Crippen LogP contribution in [-0.4, -0.2) is 25.4 Å². The lowest BCUT2D eigenvalue weighted by Crippen LogP contribution is -2.42. The summed E-state index contributed by atoms with van der Waals surface area (Å²) in [4.78, 5) is 1.62. The van der Waals surface area contributed by atoms with Gasteiger partial charge in [-0.3, -0.25) is 0 Å². The second kappa shape index (κ2) is 6.54. The first-order chi connectivity index (χ1) is 11.7. The molecule has 0 saturated heterocycles. The van der Waals surface area contributed by atoms with E-state index in [1.807, 2.05) is 0 Å². The van der Waals surface area contributed by atoms with Crippen LogP contribution >= 0.6 is 0 Å². The van der Waals surface area contributed by atoms with Crippen LogP contribution in [0, 0.1) is 11.6 Å². The first-order valence-corrected chi connectivity index (χ1v) is 7.80. The Labute approximate surface area is 141 Å². The van der Waals surface area contributed by atoms with Crippen LogP contribution in [-0.2, 0) is 0 Å². The quantitative estimate of drug-likeness (QED) is 0.703. The number of halogens is 5. The van der Waals surface area contributed by atoms with E-state index >= 15 is 0 Å². The first kappa shape index (κ1) is 17.5. The van der Waals surface area contributed by atoms with Gasteiger partial charge in [-0.1, -0.05) is 12.1 Å². The predicted octanol–water partition coefficient (Wildman–Crippen LogP) is 5.17. The van der Waals surface area contributed by atoms with Crippen molar-refractivity contribution in [2.75, 3.05) is 18.1 Å². The largest absolute Gasteiger partial charge is 0.489 e. The minimum atomic E-state index is -4.26. The Kier molecular flexibility index (Phi) is 4.58. The molecule has 0 aliphatic carbocycles. The molecule has 0 N–H and O–H groups in total. The number of anilines is 1. The summed E-state index contributed by atoms with van der Waals surface area (Å²) >= 11 is 0. The van der Waals surface area contributed by atoms with Crippen LogP contribution in [0.5, 0.6) is 5.75 Å². The molecule has 134 valence electrons. The van der Waals surface area contributed by atoms with Crippen LogP contribution in [0.3, 0.4) is 0 Å². The van der Waals surface area contributed by atoms with E-state index in [1.54, 1.807) is 30.0 Å². The van der Waals surface area contributed by atoms with Crippen molar-refractivity contribution >= 4 is 5.69 Å². The molecular formula is C18H16F5NO. The smallest absolute Gasteiger partial charge is 0.390 e. The second-order valence-corrected chi connectivity index (χ2v) is 6.03. The van der Waals surface area contributed by atoms with E-state index in [0.717, 1.165) is 6.07 Å². The molecule has 25 heavy (non-hydrogen) atoms. The Bertz CT molecular complexity index is 754. The molecule has 0 saturated carbocycles. The molecule has 1 aliphatic heterocycles. The van der Waals surface area contributed by atoms with Crippen LogP contribution in [0.15, 0.2) is 36.4 Å². The van der Waals surface area contributed by atoms with E-state index in [4.69, 9.17) is 4.74 Å². The van der Waals surface area contributed by atoms with Crippen molar-refractivity contribution in [1.29, 1.82) is 0 Å². The molecule has 7 heteroatoms. The average molecular weight is 357 g/mol. The van der Waals surface area contributed by atoms with E-state index in [2.05, 4.69) is 0 Å². The van der Waals surface area contributed by atoms with Gasteiger partial charge in [-0.25, -0.2) is 8.78 Å². The number of hydrogen-bond donors (Lipinski definition) is 0. The van der Waals surface area contributed by atoms with Crippen molar-refractivity contribution in [3.05, 3.63) is 48.0 Å². The molecule has 1 atom stereocenters. The Hall–Kier alpha value is -2.31. The van der Waals surface area contributed by atoms with Gasteiger partial charge in [0.05, 0.1) is 18.2 Å². The molecular weight excluding hydrogens is 341 g/mol. The van der Waals surface area contributed by atoms with Crippen LogP contribution in [0.4, 0.5) is 27.6 Å². The number of para-hydroxylation sites is 1. The highest BCUT2D eigenvalue weighted by Gasteiger charge is 2.32. The number of alkyl halides is 3. The number of benzene rings is 2. The number of fused-ring (bicyclic) bond motifs is 1. The maximum atomic E-state index is 13.5. The standard InChI is InChI=1S/C18H16F5NO/c1-11-10-25-17-15(12-7-13(19)9-14(20)8-12)3-2-4-16(17)24(11)6-5-18(21,22)23/h2-4,7-9,11H,5-6,10H2,1H3. The molecule has 0 radical (unpaired) electrons. The molecule has 2 aromatic carbocycles. The van der Waals surface area contributed by atoms with Gasteiger partial charge in [-0.2, -0.15) is 13.2 Å². The number of hydrogen-bond acceptors (Lipinski definition) is 2. The van der Waals surface area contributed by atoms with E-state index < -0.39 is 24.2 Å². The highest BCUT2D eigenvalue weighted by molar-refractivity contribution is 5.79. The summed E-state index contributed by atoms with van der Waals surface area (Å²) < 4.78 is 70.6. The maximum absolute atomic E-state index is 13.5. The molecule has 2 nitrogen and oxygen atoms in total. The van der Waals surface area contributed by atoms with Crippen LogP contribution in [0.2, 0.25) is 0 Å². The topological polar surface area (TPSA) is 12.5 Å². The Balaban J connectivity index is 2.01. The van der Waals surface area contributed by atoms with Crippen LogP contribution in [0.25, 0.3) is 11.1 Å². The summed E-state index contributed by atoms with van der Waals surface area (Å²) in [6.07, 6.45) is -5.21. The van der Waals surface area contributed by atoms with Crippen molar-refractivity contribution in [3.63, 3.8) is 0 Å². The van der Waals surface area contributed by atoms with Crippen LogP contribution in [0.1, 0.15) is 13.3 Å². The van der Waals surface area contributed by atoms with Gasteiger partial charge in [0.25, 0.3) is 0 Å². The summed E-state index contributed by atoms with van der Waals surface area (Å²) in [5.74, 6) is -1.12. The third-order valence-corrected chi connectivity index (χ3v) is 4.11. The van der Waals surface area contributed by atoms with Gasteiger partial charge in [-0.05, 0) is 30.7 Å². The Morgan fingerprint density at radius 3 is 2.44 bits per heavy atom. The van der Waals surface area contributed by atoms with Gasteiger partial charge in [0.15, 0.2) is 5.75 Å². The van der Waals surface area contributed by atoms with E-state index in [0.29, 0.717) is 17.0 Å². The van der Waals surface area contributed by atoms with Gasteiger partial charge >= 0.3 is 6.18 Å². The Morgan fingerprint density at radius 2 is 1.80 bits per heavy atom. The van der Waals surface area contributed by atoms with Gasteiger partial charge in [0, 0.05) is 18.2 Å². The van der Waals surface area contributed by atoms with E-state index in [1.165, 1.54) is 12.1 Å². The summed E-state index contributed by atoms with van der Waals surface area (Å²) in [5.41, 5.74) is 1.21. The van der Waals surface area contributed by atoms with Crippen molar-refractivity contribution in [3.8, 4) is 16.9 Å². The fraction of sp³-hybridized carbons (Fsp3) is 0.333. The number of rotatable bonds is 3. The third kappa shape index (κ3) is 3.86. The predicted molar refractivity (Wildman–Crippen MR) is 84.8 cm³/mol. The fourth-order valence-electron chi connectivity index (χ4n) is 2.96. The molecule has 0 fully saturated rings. The minimum absolute atomic E-state index is 0.194. The molecule has 1 heterocycles. The maximum Gasteiger partial charge on any atom is 0.390 e. The Morgan fingerprint density at radius 1 is 1.12 bits per heavy atom. The zero-order valence-corrected chi connectivity index (χ0v) is 13.4. The van der Waals surface area contributed by atoms with E-state index in [-0.39, 0.29) is 24.8 Å². The minimum Gasteiger partial charge on any atom is -0.489 e. The monoisotopic (exact) mass is 357 g/mol. The third-order valence-electron chi connectivity index (χ3n) is 4.11. The molecule has 2 aromatic rings. The number of ether oxygens (including phenoxy) is 1. The highest BCUT2D eigenvalue weighted by Crippen LogP contribution is 2.42. The highest BCUT2D eigenvalue weighted by atomic mass is 19.4. The lowest BCUT2D eigenvalue weighted by molar-refractivity contribution is -0.132. The van der Waals surface area contributed by atoms with Crippen molar-refractivity contribution in [2.45, 2.75) is 25.6 Å². The van der Waals surface area contributed by atoms with Gasteiger partial charge in [-0.15, -0.1) is 0 Å². The molecule has 0 spiro atoms. The zero-order valence-electron chi connectivity index (χ0n) is 13.4.